The van der Waals surface area contributed by atoms with Crippen LogP contribution < -0.4 is 11.1 Å². The van der Waals surface area contributed by atoms with E-state index in [0.29, 0.717) is 12.4 Å². The standard InChI is InChI=1S/C9H12N4O/c1-13-6-5-11-8(13)3-2-4-12-9(14)7-10/h5-6H,4,7,10H2,1H3,(H,12,14). The molecule has 0 aliphatic carbocycles. The summed E-state index contributed by atoms with van der Waals surface area (Å²) >= 11 is 0. The Balaban J connectivity index is 2.42. The molecule has 0 aliphatic rings. The van der Waals surface area contributed by atoms with Crippen LogP contribution >= 0.6 is 0 Å². The van der Waals surface area contributed by atoms with Crippen LogP contribution in [0.4, 0.5) is 0 Å². The number of aromatic nitrogens is 2. The summed E-state index contributed by atoms with van der Waals surface area (Å²) in [6.07, 6.45) is 3.48. The van der Waals surface area contributed by atoms with Crippen molar-refractivity contribution in [2.45, 2.75) is 0 Å². The number of nitrogens with zero attached hydrogens (tertiary/aromatic N) is 2. The van der Waals surface area contributed by atoms with Gasteiger partial charge in [-0.1, -0.05) is 5.92 Å². The lowest BCUT2D eigenvalue weighted by molar-refractivity contribution is -0.119. The molecule has 0 fully saturated rings. The molecule has 0 saturated carbocycles. The molecule has 0 aromatic carbocycles. The van der Waals surface area contributed by atoms with Crippen LogP contribution in [0.25, 0.3) is 0 Å². The Hall–Kier alpha value is -1.80. The lowest BCUT2D eigenvalue weighted by atomic mass is 10.5. The average molecular weight is 192 g/mol. The number of amides is 1. The fourth-order valence-corrected chi connectivity index (χ4v) is 0.824. The maximum absolute atomic E-state index is 10.7. The molecule has 1 heterocycles. The molecule has 0 bridgehead atoms. The lowest BCUT2D eigenvalue weighted by Crippen LogP contribution is -2.30. The van der Waals surface area contributed by atoms with Crippen LogP contribution in [0, 0.1) is 11.8 Å². The van der Waals surface area contributed by atoms with E-state index < -0.39 is 0 Å². The van der Waals surface area contributed by atoms with Gasteiger partial charge < -0.3 is 15.6 Å². The second kappa shape index (κ2) is 5.04. The summed E-state index contributed by atoms with van der Waals surface area (Å²) in [6, 6.07) is 0. The monoisotopic (exact) mass is 192 g/mol. The highest BCUT2D eigenvalue weighted by Crippen LogP contribution is 1.89. The Bertz CT molecular complexity index is 372. The molecule has 0 radical (unpaired) electrons. The predicted molar refractivity (Wildman–Crippen MR) is 52.2 cm³/mol. The van der Waals surface area contributed by atoms with Crippen molar-refractivity contribution in [1.82, 2.24) is 14.9 Å². The van der Waals surface area contributed by atoms with Gasteiger partial charge in [-0.05, 0) is 5.92 Å². The van der Waals surface area contributed by atoms with Crippen molar-refractivity contribution in [2.75, 3.05) is 13.1 Å². The Morgan fingerprint density at radius 3 is 3.14 bits per heavy atom. The summed E-state index contributed by atoms with van der Waals surface area (Å²) in [7, 11) is 1.86. The quantitative estimate of drug-likeness (QED) is 0.581. The number of aryl methyl sites for hydroxylation is 1. The van der Waals surface area contributed by atoms with Gasteiger partial charge in [0.15, 0.2) is 5.82 Å². The molecule has 0 atom stereocenters. The molecule has 1 amide bonds. The summed E-state index contributed by atoms with van der Waals surface area (Å²) < 4.78 is 1.80. The van der Waals surface area contributed by atoms with Crippen LogP contribution in [0.15, 0.2) is 12.4 Å². The molecule has 5 nitrogen and oxygen atoms in total. The van der Waals surface area contributed by atoms with E-state index in [1.807, 2.05) is 13.2 Å². The molecule has 0 spiro atoms. The first-order chi connectivity index (χ1) is 6.74. The molecule has 0 saturated heterocycles. The smallest absolute Gasteiger partial charge is 0.234 e. The normalized spacial score (nSPS) is 9.00. The number of nitrogens with two attached hydrogens (primary N) is 1. The van der Waals surface area contributed by atoms with Crippen molar-refractivity contribution >= 4 is 5.91 Å². The van der Waals surface area contributed by atoms with Gasteiger partial charge in [-0.15, -0.1) is 0 Å². The molecule has 0 aliphatic heterocycles. The van der Waals surface area contributed by atoms with Crippen LogP contribution in [0.5, 0.6) is 0 Å². The van der Waals surface area contributed by atoms with E-state index in [0.717, 1.165) is 0 Å². The van der Waals surface area contributed by atoms with Gasteiger partial charge >= 0.3 is 0 Å². The number of nitrogens with one attached hydrogen (secondary N) is 1. The lowest BCUT2D eigenvalue weighted by Gasteiger charge is -1.95. The zero-order valence-electron chi connectivity index (χ0n) is 7.95. The Morgan fingerprint density at radius 1 is 1.79 bits per heavy atom. The SMILES string of the molecule is Cn1ccnc1C#CCNC(=O)CN. The first-order valence-corrected chi connectivity index (χ1v) is 4.17. The molecule has 3 N–H and O–H groups in total. The van der Waals surface area contributed by atoms with Crippen molar-refractivity contribution in [3.63, 3.8) is 0 Å². The zero-order valence-corrected chi connectivity index (χ0v) is 7.95. The van der Waals surface area contributed by atoms with E-state index >= 15 is 0 Å². The molecule has 0 unspecified atom stereocenters. The van der Waals surface area contributed by atoms with E-state index in [4.69, 9.17) is 5.73 Å². The average Bonchev–Trinajstić information content (AvgIpc) is 2.58. The number of carbonyl (C=O) groups is 1. The molecular formula is C9H12N4O. The third-order valence-electron chi connectivity index (χ3n) is 1.58. The highest BCUT2D eigenvalue weighted by Gasteiger charge is 1.93. The van der Waals surface area contributed by atoms with Gasteiger partial charge in [0, 0.05) is 19.4 Å². The fraction of sp³-hybridized carbons (Fsp3) is 0.333. The minimum atomic E-state index is -0.209. The second-order valence-electron chi connectivity index (χ2n) is 2.64. The van der Waals surface area contributed by atoms with Gasteiger partial charge in [0.1, 0.15) is 0 Å². The first kappa shape index (κ1) is 10.3. The van der Waals surface area contributed by atoms with Crippen LogP contribution in [0.2, 0.25) is 0 Å². The molecule has 1 rings (SSSR count). The van der Waals surface area contributed by atoms with Crippen LogP contribution in [-0.2, 0) is 11.8 Å². The van der Waals surface area contributed by atoms with Crippen LogP contribution in [-0.4, -0.2) is 28.5 Å². The second-order valence-corrected chi connectivity index (χ2v) is 2.64. The maximum atomic E-state index is 10.7. The summed E-state index contributed by atoms with van der Waals surface area (Å²) in [5, 5.41) is 2.54. The summed E-state index contributed by atoms with van der Waals surface area (Å²) in [5.74, 6) is 6.06. The Morgan fingerprint density at radius 2 is 2.57 bits per heavy atom. The first-order valence-electron chi connectivity index (χ1n) is 4.17. The van der Waals surface area contributed by atoms with E-state index in [2.05, 4.69) is 22.1 Å². The van der Waals surface area contributed by atoms with Crippen molar-refractivity contribution in [3.8, 4) is 11.8 Å². The molecule has 5 heteroatoms. The van der Waals surface area contributed by atoms with Crippen molar-refractivity contribution in [1.29, 1.82) is 0 Å². The maximum Gasteiger partial charge on any atom is 0.234 e. The Labute approximate surface area is 82.3 Å². The number of hydrogen-bond acceptors (Lipinski definition) is 3. The topological polar surface area (TPSA) is 72.9 Å². The van der Waals surface area contributed by atoms with Crippen LogP contribution in [0.1, 0.15) is 5.82 Å². The van der Waals surface area contributed by atoms with Crippen molar-refractivity contribution < 1.29 is 4.79 Å². The molecule has 1 aromatic heterocycles. The van der Waals surface area contributed by atoms with E-state index in [1.165, 1.54) is 0 Å². The zero-order chi connectivity index (χ0) is 10.4. The van der Waals surface area contributed by atoms with Crippen LogP contribution in [0.3, 0.4) is 0 Å². The number of carbonyl (C=O) groups excluding carboxylic acids is 1. The molecular weight excluding hydrogens is 180 g/mol. The van der Waals surface area contributed by atoms with Gasteiger partial charge in [-0.25, -0.2) is 4.98 Å². The third kappa shape index (κ3) is 2.92. The van der Waals surface area contributed by atoms with Crippen molar-refractivity contribution in [2.24, 2.45) is 12.8 Å². The largest absolute Gasteiger partial charge is 0.344 e. The molecule has 14 heavy (non-hydrogen) atoms. The van der Waals surface area contributed by atoms with E-state index in [1.54, 1.807) is 10.8 Å². The van der Waals surface area contributed by atoms with Gasteiger partial charge in [0.25, 0.3) is 0 Å². The van der Waals surface area contributed by atoms with Crippen molar-refractivity contribution in [3.05, 3.63) is 18.2 Å². The van der Waals surface area contributed by atoms with Gasteiger partial charge in [-0.3, -0.25) is 4.79 Å². The third-order valence-corrected chi connectivity index (χ3v) is 1.58. The van der Waals surface area contributed by atoms with Gasteiger partial charge in [-0.2, -0.15) is 0 Å². The summed E-state index contributed by atoms with van der Waals surface area (Å²) in [6.45, 7) is 0.285. The highest BCUT2D eigenvalue weighted by atomic mass is 16.1. The fourth-order valence-electron chi connectivity index (χ4n) is 0.824. The minimum absolute atomic E-state index is 0.00984. The highest BCUT2D eigenvalue weighted by molar-refractivity contribution is 5.77. The predicted octanol–water partition coefficient (Wildman–Crippen LogP) is -1.15. The molecule has 74 valence electrons. The summed E-state index contributed by atoms with van der Waals surface area (Å²) in [4.78, 5) is 14.7. The van der Waals surface area contributed by atoms with Gasteiger partial charge in [0.05, 0.1) is 13.1 Å². The minimum Gasteiger partial charge on any atom is -0.344 e. The Kier molecular flexibility index (Phi) is 3.70. The van der Waals surface area contributed by atoms with Gasteiger partial charge in [0.2, 0.25) is 5.91 Å². The number of hydrogen-bond donors (Lipinski definition) is 2. The number of imidazole rings is 1. The molecule has 1 aromatic rings. The summed E-state index contributed by atoms with van der Waals surface area (Å²) in [5.41, 5.74) is 5.10. The number of rotatable bonds is 2. The van der Waals surface area contributed by atoms with E-state index in [9.17, 15) is 4.79 Å². The van der Waals surface area contributed by atoms with E-state index in [-0.39, 0.29) is 12.5 Å².